The molecule has 25 heavy (non-hydrogen) atoms. The summed E-state index contributed by atoms with van der Waals surface area (Å²) < 4.78 is 31.7. The normalized spacial score (nSPS) is 16.0. The molecule has 0 unspecified atom stereocenters. The van der Waals surface area contributed by atoms with E-state index < -0.39 is 26.6 Å². The number of methoxy groups -OCH3 is 1. The minimum Gasteiger partial charge on any atom is -0.504 e. The van der Waals surface area contributed by atoms with Gasteiger partial charge in [0.2, 0.25) is 10.0 Å². The Kier molecular flexibility index (Phi) is 4.53. The lowest BCUT2D eigenvalue weighted by molar-refractivity contribution is 0.344. The van der Waals surface area contributed by atoms with Gasteiger partial charge in [0, 0.05) is 13.1 Å². The predicted octanol–water partition coefficient (Wildman–Crippen LogP) is 0.915. The van der Waals surface area contributed by atoms with Gasteiger partial charge in [-0.1, -0.05) is 12.5 Å². The van der Waals surface area contributed by atoms with Crippen LogP contribution in [0.5, 0.6) is 11.5 Å². The number of nitrogens with zero attached hydrogens (tertiary/aromatic N) is 1. The third-order valence-corrected chi connectivity index (χ3v) is 6.19. The average Bonchev–Trinajstić information content (AvgIpc) is 2.63. The van der Waals surface area contributed by atoms with E-state index in [9.17, 15) is 23.1 Å². The molecule has 1 aliphatic rings. The molecule has 1 saturated heterocycles. The standard InChI is InChI=1S/C16H18N2O6S/c1-24-16-12(14(20)15(16)21)17-10-6-5-7-11(13(10)19)25(22,23)18-8-3-2-4-9-18/h5-7,17,19H,2-4,8-9H2,1H3. The number of anilines is 2. The van der Waals surface area contributed by atoms with Crippen LogP contribution in [0.4, 0.5) is 11.4 Å². The number of benzene rings is 1. The van der Waals surface area contributed by atoms with Crippen LogP contribution >= 0.6 is 0 Å². The van der Waals surface area contributed by atoms with Crippen LogP contribution in [0, 0.1) is 0 Å². The van der Waals surface area contributed by atoms with E-state index in [0.29, 0.717) is 13.1 Å². The third kappa shape index (κ3) is 2.89. The Hall–Kier alpha value is -2.39. The van der Waals surface area contributed by atoms with E-state index in [1.807, 2.05) is 0 Å². The molecule has 0 radical (unpaired) electrons. The molecule has 0 atom stereocenters. The Balaban J connectivity index is 1.96. The fourth-order valence-corrected chi connectivity index (χ4v) is 4.51. The fraction of sp³-hybridized carbons (Fsp3) is 0.375. The first-order chi connectivity index (χ1) is 11.9. The SMILES string of the molecule is COc1c(Nc2cccc(S(=O)(=O)N3CCCCC3)c2O)c(=O)c1=O. The molecule has 0 aliphatic carbocycles. The Bertz CT molecular complexity index is 969. The molecule has 0 amide bonds. The maximum Gasteiger partial charge on any atom is 0.272 e. The number of sulfonamides is 1. The number of hydrogen-bond donors (Lipinski definition) is 2. The van der Waals surface area contributed by atoms with Crippen LogP contribution in [0.1, 0.15) is 19.3 Å². The molecule has 9 heteroatoms. The van der Waals surface area contributed by atoms with Gasteiger partial charge in [-0.3, -0.25) is 9.59 Å². The van der Waals surface area contributed by atoms with Crippen LogP contribution in [-0.2, 0) is 10.0 Å². The smallest absolute Gasteiger partial charge is 0.272 e. The maximum atomic E-state index is 12.7. The van der Waals surface area contributed by atoms with Gasteiger partial charge in [0.1, 0.15) is 10.6 Å². The highest BCUT2D eigenvalue weighted by Gasteiger charge is 2.30. The Morgan fingerprint density at radius 1 is 1.12 bits per heavy atom. The van der Waals surface area contributed by atoms with Gasteiger partial charge in [0.05, 0.1) is 12.8 Å². The second kappa shape index (κ2) is 6.49. The lowest BCUT2D eigenvalue weighted by atomic mass is 10.2. The van der Waals surface area contributed by atoms with E-state index in [0.717, 1.165) is 19.3 Å². The van der Waals surface area contributed by atoms with E-state index in [2.05, 4.69) is 5.32 Å². The Morgan fingerprint density at radius 3 is 2.44 bits per heavy atom. The number of aromatic hydroxyl groups is 1. The quantitative estimate of drug-likeness (QED) is 0.597. The first kappa shape index (κ1) is 17.4. The van der Waals surface area contributed by atoms with E-state index in [-0.39, 0.29) is 22.0 Å². The summed E-state index contributed by atoms with van der Waals surface area (Å²) in [5, 5.41) is 13.0. The van der Waals surface area contributed by atoms with Crippen molar-refractivity contribution in [1.29, 1.82) is 0 Å². The van der Waals surface area contributed by atoms with Gasteiger partial charge in [0.25, 0.3) is 10.9 Å². The summed E-state index contributed by atoms with van der Waals surface area (Å²) in [6, 6.07) is 4.18. The van der Waals surface area contributed by atoms with Gasteiger partial charge < -0.3 is 15.2 Å². The first-order valence-corrected chi connectivity index (χ1v) is 9.28. The minimum absolute atomic E-state index is 0.0171. The van der Waals surface area contributed by atoms with Crippen LogP contribution in [0.2, 0.25) is 0 Å². The summed E-state index contributed by atoms with van der Waals surface area (Å²) in [5.41, 5.74) is -1.62. The summed E-state index contributed by atoms with van der Waals surface area (Å²) in [6.07, 6.45) is 2.53. The largest absolute Gasteiger partial charge is 0.504 e. The number of rotatable bonds is 5. The molecule has 3 rings (SSSR count). The molecule has 0 saturated carbocycles. The molecule has 2 N–H and O–H groups in total. The molecular formula is C16H18N2O6S. The number of hydrogen-bond acceptors (Lipinski definition) is 7. The summed E-state index contributed by atoms with van der Waals surface area (Å²) in [7, 11) is -2.59. The molecule has 1 fully saturated rings. The zero-order valence-electron chi connectivity index (χ0n) is 13.6. The van der Waals surface area contributed by atoms with E-state index in [1.165, 1.54) is 29.6 Å². The van der Waals surface area contributed by atoms with Crippen LogP contribution in [0.25, 0.3) is 0 Å². The number of piperidine rings is 1. The predicted molar refractivity (Wildman–Crippen MR) is 91.9 cm³/mol. The molecular weight excluding hydrogens is 348 g/mol. The number of nitrogens with one attached hydrogen (secondary N) is 1. The van der Waals surface area contributed by atoms with Crippen molar-refractivity contribution in [2.24, 2.45) is 0 Å². The van der Waals surface area contributed by atoms with Gasteiger partial charge in [-0.05, 0) is 25.0 Å². The number of phenols is 1. The Morgan fingerprint density at radius 2 is 1.80 bits per heavy atom. The van der Waals surface area contributed by atoms with Crippen molar-refractivity contribution < 1.29 is 18.3 Å². The summed E-state index contributed by atoms with van der Waals surface area (Å²) in [5.74, 6) is -0.642. The highest BCUT2D eigenvalue weighted by Crippen LogP contribution is 2.36. The van der Waals surface area contributed by atoms with Crippen LogP contribution in [0.3, 0.4) is 0 Å². The van der Waals surface area contributed by atoms with Crippen LogP contribution in [0.15, 0.2) is 32.7 Å². The van der Waals surface area contributed by atoms with Crippen molar-refractivity contribution in [3.8, 4) is 11.5 Å². The number of para-hydroxylation sites is 1. The topological polar surface area (TPSA) is 113 Å². The van der Waals surface area contributed by atoms with Gasteiger partial charge in [-0.15, -0.1) is 0 Å². The molecule has 0 bridgehead atoms. The van der Waals surface area contributed by atoms with Crippen molar-refractivity contribution in [2.45, 2.75) is 24.2 Å². The summed E-state index contributed by atoms with van der Waals surface area (Å²) in [6.45, 7) is 0.816. The molecule has 2 aromatic carbocycles. The first-order valence-electron chi connectivity index (χ1n) is 7.84. The van der Waals surface area contributed by atoms with Crippen molar-refractivity contribution in [2.75, 3.05) is 25.5 Å². The number of ether oxygens (including phenoxy) is 1. The lowest BCUT2D eigenvalue weighted by Gasteiger charge is -2.26. The van der Waals surface area contributed by atoms with Crippen molar-refractivity contribution in [3.63, 3.8) is 0 Å². The monoisotopic (exact) mass is 366 g/mol. The summed E-state index contributed by atoms with van der Waals surface area (Å²) in [4.78, 5) is 22.8. The van der Waals surface area contributed by atoms with Crippen molar-refractivity contribution >= 4 is 21.4 Å². The number of phenolic OH excluding ortho intramolecular Hbond substituents is 1. The second-order valence-electron chi connectivity index (χ2n) is 5.81. The molecule has 134 valence electrons. The Labute approximate surface area is 144 Å². The third-order valence-electron chi connectivity index (χ3n) is 4.26. The van der Waals surface area contributed by atoms with Crippen LogP contribution < -0.4 is 20.9 Å². The molecule has 8 nitrogen and oxygen atoms in total. The van der Waals surface area contributed by atoms with Crippen molar-refractivity contribution in [3.05, 3.63) is 38.6 Å². The molecule has 0 aromatic heterocycles. The zero-order chi connectivity index (χ0) is 18.2. The molecule has 2 aromatic rings. The highest BCUT2D eigenvalue weighted by molar-refractivity contribution is 7.89. The van der Waals surface area contributed by atoms with E-state index in [4.69, 9.17) is 4.74 Å². The average molecular weight is 366 g/mol. The van der Waals surface area contributed by atoms with Crippen LogP contribution in [-0.4, -0.2) is 38.0 Å². The van der Waals surface area contributed by atoms with Gasteiger partial charge >= 0.3 is 0 Å². The van der Waals surface area contributed by atoms with Gasteiger partial charge in [0.15, 0.2) is 11.5 Å². The lowest BCUT2D eigenvalue weighted by Crippen LogP contribution is -2.36. The molecule has 0 spiro atoms. The molecule has 1 aliphatic heterocycles. The van der Waals surface area contributed by atoms with Crippen molar-refractivity contribution in [1.82, 2.24) is 4.31 Å². The summed E-state index contributed by atoms with van der Waals surface area (Å²) >= 11 is 0. The second-order valence-corrected chi connectivity index (χ2v) is 7.71. The van der Waals surface area contributed by atoms with Gasteiger partial charge in [-0.25, -0.2) is 8.42 Å². The highest BCUT2D eigenvalue weighted by atomic mass is 32.2. The maximum absolute atomic E-state index is 12.7. The van der Waals surface area contributed by atoms with E-state index in [1.54, 1.807) is 0 Å². The van der Waals surface area contributed by atoms with Gasteiger partial charge in [-0.2, -0.15) is 4.31 Å². The zero-order valence-corrected chi connectivity index (χ0v) is 14.4. The molecule has 1 heterocycles. The van der Waals surface area contributed by atoms with E-state index >= 15 is 0 Å². The fourth-order valence-electron chi connectivity index (χ4n) is 2.89. The minimum atomic E-state index is -3.84.